The SMILES string of the molecule is CC.CN(c1ccc(Oc2ccc(CC3COCC(=O)N3C)cc2)c(F)c1)c1ccc([N+](=O)[O-])cn1. The Morgan fingerprint density at radius 2 is 1.92 bits per heavy atom. The van der Waals surface area contributed by atoms with Crippen molar-refractivity contribution in [3.8, 4) is 11.5 Å². The molecule has 0 saturated carbocycles. The Balaban J connectivity index is 0.00000176. The molecule has 1 amide bonds. The number of hydrogen-bond acceptors (Lipinski definition) is 7. The van der Waals surface area contributed by atoms with Gasteiger partial charge in [0.1, 0.15) is 24.4 Å². The van der Waals surface area contributed by atoms with Gasteiger partial charge in [0, 0.05) is 31.9 Å². The third-order valence-corrected chi connectivity index (χ3v) is 5.69. The van der Waals surface area contributed by atoms with Gasteiger partial charge in [0.25, 0.3) is 5.69 Å². The molecule has 9 nitrogen and oxygen atoms in total. The number of amides is 1. The number of rotatable bonds is 7. The van der Waals surface area contributed by atoms with Crippen molar-refractivity contribution in [2.24, 2.45) is 0 Å². The molecule has 0 radical (unpaired) electrons. The van der Waals surface area contributed by atoms with Crippen LogP contribution in [-0.4, -0.2) is 54.1 Å². The van der Waals surface area contributed by atoms with Gasteiger partial charge in [-0.3, -0.25) is 14.9 Å². The summed E-state index contributed by atoms with van der Waals surface area (Å²) in [6, 6.07) is 14.6. The lowest BCUT2D eigenvalue weighted by atomic mass is 10.0. The van der Waals surface area contributed by atoms with Crippen molar-refractivity contribution in [2.45, 2.75) is 26.3 Å². The molecule has 4 rings (SSSR count). The quantitative estimate of drug-likeness (QED) is 0.331. The van der Waals surface area contributed by atoms with E-state index in [1.54, 1.807) is 42.1 Å². The highest BCUT2D eigenvalue weighted by Crippen LogP contribution is 2.30. The van der Waals surface area contributed by atoms with Crippen molar-refractivity contribution < 1.29 is 23.6 Å². The Labute approximate surface area is 209 Å². The van der Waals surface area contributed by atoms with E-state index in [-0.39, 0.29) is 30.0 Å². The van der Waals surface area contributed by atoms with E-state index in [0.29, 0.717) is 30.3 Å². The van der Waals surface area contributed by atoms with E-state index in [1.807, 2.05) is 26.0 Å². The lowest BCUT2D eigenvalue weighted by Crippen LogP contribution is -2.47. The van der Waals surface area contributed by atoms with E-state index < -0.39 is 10.7 Å². The van der Waals surface area contributed by atoms with Crippen LogP contribution in [0.25, 0.3) is 0 Å². The normalized spacial score (nSPS) is 15.1. The van der Waals surface area contributed by atoms with Crippen LogP contribution in [0.2, 0.25) is 0 Å². The maximum absolute atomic E-state index is 14.7. The van der Waals surface area contributed by atoms with Crippen LogP contribution in [0.3, 0.4) is 0 Å². The van der Waals surface area contributed by atoms with Crippen molar-refractivity contribution in [1.82, 2.24) is 9.88 Å². The van der Waals surface area contributed by atoms with Crippen molar-refractivity contribution in [3.05, 3.63) is 82.3 Å². The van der Waals surface area contributed by atoms with Crippen LogP contribution in [0.1, 0.15) is 19.4 Å². The average molecular weight is 497 g/mol. The van der Waals surface area contributed by atoms with Crippen LogP contribution in [0.15, 0.2) is 60.8 Å². The number of aromatic nitrogens is 1. The number of nitro groups is 1. The van der Waals surface area contributed by atoms with Crippen LogP contribution >= 0.6 is 0 Å². The largest absolute Gasteiger partial charge is 0.454 e. The molecule has 3 aromatic rings. The first-order valence-corrected chi connectivity index (χ1v) is 11.6. The molecule has 1 unspecified atom stereocenters. The van der Waals surface area contributed by atoms with Gasteiger partial charge >= 0.3 is 0 Å². The Morgan fingerprint density at radius 3 is 2.53 bits per heavy atom. The molecule has 1 aliphatic rings. The summed E-state index contributed by atoms with van der Waals surface area (Å²) in [6.07, 6.45) is 1.80. The molecule has 2 heterocycles. The van der Waals surface area contributed by atoms with Gasteiger partial charge in [-0.05, 0) is 42.3 Å². The van der Waals surface area contributed by atoms with Crippen molar-refractivity contribution >= 4 is 23.1 Å². The van der Waals surface area contributed by atoms with Crippen LogP contribution < -0.4 is 9.64 Å². The number of halogens is 1. The highest BCUT2D eigenvalue weighted by molar-refractivity contribution is 5.78. The van der Waals surface area contributed by atoms with Gasteiger partial charge in [-0.25, -0.2) is 9.37 Å². The molecule has 36 heavy (non-hydrogen) atoms. The molecular formula is C26H29FN4O5. The summed E-state index contributed by atoms with van der Waals surface area (Å²) in [6.45, 7) is 4.60. The minimum Gasteiger partial charge on any atom is -0.454 e. The third kappa shape index (κ3) is 6.33. The highest BCUT2D eigenvalue weighted by atomic mass is 19.1. The smallest absolute Gasteiger partial charge is 0.287 e. The first-order chi connectivity index (χ1) is 17.3. The second-order valence-electron chi connectivity index (χ2n) is 7.93. The Morgan fingerprint density at radius 1 is 1.19 bits per heavy atom. The summed E-state index contributed by atoms with van der Waals surface area (Å²) >= 11 is 0. The fraction of sp³-hybridized carbons (Fsp3) is 0.308. The van der Waals surface area contributed by atoms with Gasteiger partial charge in [-0.2, -0.15) is 0 Å². The minimum atomic E-state index is -0.560. The molecule has 1 saturated heterocycles. The van der Waals surface area contributed by atoms with E-state index in [0.717, 1.165) is 11.8 Å². The Kier molecular flexibility index (Phi) is 8.91. The molecule has 1 fully saturated rings. The molecular weight excluding hydrogens is 467 g/mol. The molecule has 10 heteroatoms. The first-order valence-electron chi connectivity index (χ1n) is 11.6. The fourth-order valence-corrected chi connectivity index (χ4v) is 3.59. The standard InChI is InChI=1S/C24H23FN4O5.C2H6/c1-27(23-10-6-18(13-26-23)29(31)32)17-5-9-22(21(25)12-17)34-20-7-3-16(4-8-20)11-19-14-33-15-24(30)28(19)2;1-2/h3-10,12-13,19H,11,14-15H2,1-2H3;1-2H3. The van der Waals surface area contributed by atoms with Gasteiger partial charge in [0.2, 0.25) is 5.91 Å². The molecule has 1 aromatic heterocycles. The predicted octanol–water partition coefficient (Wildman–Crippen LogP) is 5.12. The summed E-state index contributed by atoms with van der Waals surface area (Å²) in [5.74, 6) is 0.377. The number of morpholine rings is 1. The number of anilines is 2. The number of carbonyl (C=O) groups is 1. The summed E-state index contributed by atoms with van der Waals surface area (Å²) < 4.78 is 25.8. The Hall–Kier alpha value is -4.05. The number of hydrogen-bond donors (Lipinski definition) is 0. The van der Waals surface area contributed by atoms with Gasteiger partial charge in [-0.1, -0.05) is 26.0 Å². The summed E-state index contributed by atoms with van der Waals surface area (Å²) in [7, 11) is 3.46. The lowest BCUT2D eigenvalue weighted by Gasteiger charge is -2.32. The van der Waals surface area contributed by atoms with Crippen molar-refractivity contribution in [1.29, 1.82) is 0 Å². The highest BCUT2D eigenvalue weighted by Gasteiger charge is 2.25. The number of nitrogens with zero attached hydrogens (tertiary/aromatic N) is 4. The summed E-state index contributed by atoms with van der Waals surface area (Å²) in [4.78, 5) is 29.4. The molecule has 1 atom stereocenters. The van der Waals surface area contributed by atoms with Crippen LogP contribution in [-0.2, 0) is 16.0 Å². The van der Waals surface area contributed by atoms with Gasteiger partial charge in [0.05, 0.1) is 17.6 Å². The number of benzene rings is 2. The fourth-order valence-electron chi connectivity index (χ4n) is 3.59. The van der Waals surface area contributed by atoms with Crippen LogP contribution in [0.4, 0.5) is 21.6 Å². The average Bonchev–Trinajstić information content (AvgIpc) is 2.90. The third-order valence-electron chi connectivity index (χ3n) is 5.69. The second-order valence-corrected chi connectivity index (χ2v) is 7.93. The van der Waals surface area contributed by atoms with Crippen LogP contribution in [0.5, 0.6) is 11.5 Å². The molecule has 0 spiro atoms. The topological polar surface area (TPSA) is 98.0 Å². The van der Waals surface area contributed by atoms with Crippen molar-refractivity contribution in [3.63, 3.8) is 0 Å². The predicted molar refractivity (Wildman–Crippen MR) is 134 cm³/mol. The maximum atomic E-state index is 14.7. The lowest BCUT2D eigenvalue weighted by molar-refractivity contribution is -0.385. The van der Waals surface area contributed by atoms with E-state index in [9.17, 15) is 19.3 Å². The second kappa shape index (κ2) is 12.1. The molecule has 2 aromatic carbocycles. The van der Waals surface area contributed by atoms with Crippen molar-refractivity contribution in [2.75, 3.05) is 32.2 Å². The monoisotopic (exact) mass is 496 g/mol. The maximum Gasteiger partial charge on any atom is 0.287 e. The number of ether oxygens (including phenoxy) is 2. The number of pyridine rings is 1. The molecule has 0 aliphatic carbocycles. The van der Waals surface area contributed by atoms with Gasteiger partial charge in [0.15, 0.2) is 11.6 Å². The van der Waals surface area contributed by atoms with E-state index in [2.05, 4.69) is 4.98 Å². The number of likely N-dealkylation sites (N-methyl/N-ethyl adjacent to an activating group) is 1. The minimum absolute atomic E-state index is 0.0276. The zero-order valence-electron chi connectivity index (χ0n) is 20.7. The van der Waals surface area contributed by atoms with E-state index in [4.69, 9.17) is 9.47 Å². The Bertz CT molecular complexity index is 1190. The zero-order chi connectivity index (χ0) is 26.2. The summed E-state index contributed by atoms with van der Waals surface area (Å²) in [5.41, 5.74) is 1.40. The van der Waals surface area contributed by atoms with Crippen LogP contribution in [0, 0.1) is 15.9 Å². The van der Waals surface area contributed by atoms with E-state index >= 15 is 0 Å². The number of carbonyl (C=O) groups excluding carboxylic acids is 1. The van der Waals surface area contributed by atoms with E-state index in [1.165, 1.54) is 24.3 Å². The molecule has 190 valence electrons. The first kappa shape index (κ1) is 26.6. The summed E-state index contributed by atoms with van der Waals surface area (Å²) in [5, 5.41) is 10.8. The molecule has 0 bridgehead atoms. The zero-order valence-corrected chi connectivity index (χ0v) is 20.7. The molecule has 1 aliphatic heterocycles. The van der Waals surface area contributed by atoms with Gasteiger partial charge in [-0.15, -0.1) is 0 Å². The van der Waals surface area contributed by atoms with Gasteiger partial charge < -0.3 is 19.3 Å². The molecule has 0 N–H and O–H groups in total.